The van der Waals surface area contributed by atoms with Gasteiger partial charge >= 0.3 is 0 Å². The lowest BCUT2D eigenvalue weighted by Crippen LogP contribution is -2.55. The van der Waals surface area contributed by atoms with E-state index in [0.717, 1.165) is 40.0 Å². The summed E-state index contributed by atoms with van der Waals surface area (Å²) in [4.78, 5) is 29.5. The number of hydrogen-bond donors (Lipinski definition) is 0. The summed E-state index contributed by atoms with van der Waals surface area (Å²) in [5.74, 6) is 1.67. The van der Waals surface area contributed by atoms with Crippen LogP contribution in [0.3, 0.4) is 0 Å². The third-order valence-corrected chi connectivity index (χ3v) is 8.19. The van der Waals surface area contributed by atoms with Gasteiger partial charge in [0.25, 0.3) is 0 Å². The number of nitrogens with zero attached hydrogens (tertiary/aromatic N) is 5. The highest BCUT2D eigenvalue weighted by Crippen LogP contribution is 2.29. The molecule has 7 nitrogen and oxygen atoms in total. The smallest absolute Gasteiger partial charge is 0.246 e. The summed E-state index contributed by atoms with van der Waals surface area (Å²) in [6.07, 6.45) is 4.66. The van der Waals surface area contributed by atoms with Gasteiger partial charge in [0.05, 0.1) is 0 Å². The Bertz CT molecular complexity index is 1500. The predicted octanol–water partition coefficient (Wildman–Crippen LogP) is 5.89. The number of amides is 2. The first kappa shape index (κ1) is 28.4. The van der Waals surface area contributed by atoms with Crippen LogP contribution in [0.25, 0.3) is 23.2 Å². The lowest BCUT2D eigenvalue weighted by Gasteiger charge is -2.39. The summed E-state index contributed by atoms with van der Waals surface area (Å²) in [6, 6.07) is 28.2. The van der Waals surface area contributed by atoms with Crippen molar-refractivity contribution in [1.29, 1.82) is 0 Å². The minimum atomic E-state index is -0.0284. The van der Waals surface area contributed by atoms with Crippen molar-refractivity contribution < 1.29 is 9.59 Å². The van der Waals surface area contributed by atoms with Crippen LogP contribution in [-0.2, 0) is 9.59 Å². The molecule has 0 aliphatic carbocycles. The largest absolute Gasteiger partial charge is 0.339 e. The summed E-state index contributed by atoms with van der Waals surface area (Å²) in [5, 5.41) is 9.84. The van der Waals surface area contributed by atoms with Gasteiger partial charge in [0.2, 0.25) is 11.8 Å². The lowest BCUT2D eigenvalue weighted by atomic mass is 10.1. The number of rotatable bonds is 9. The van der Waals surface area contributed by atoms with E-state index in [4.69, 9.17) is 0 Å². The molecule has 41 heavy (non-hydrogen) atoms. The van der Waals surface area contributed by atoms with Gasteiger partial charge in [-0.2, -0.15) is 0 Å². The van der Waals surface area contributed by atoms with Gasteiger partial charge in [-0.05, 0) is 49.6 Å². The molecule has 1 unspecified atom stereocenters. The molecule has 2 amide bonds. The molecule has 1 atom stereocenters. The second-order valence-corrected chi connectivity index (χ2v) is 11.3. The predicted molar refractivity (Wildman–Crippen MR) is 165 cm³/mol. The maximum absolute atomic E-state index is 13.0. The molecule has 1 fully saturated rings. The molecule has 210 valence electrons. The minimum absolute atomic E-state index is 0.0163. The Morgan fingerprint density at radius 3 is 2.44 bits per heavy atom. The zero-order valence-corrected chi connectivity index (χ0v) is 24.3. The van der Waals surface area contributed by atoms with Gasteiger partial charge in [0, 0.05) is 55.2 Å². The first-order chi connectivity index (χ1) is 20.0. The Kier molecular flexibility index (Phi) is 9.31. The van der Waals surface area contributed by atoms with E-state index in [1.54, 1.807) is 17.8 Å². The average Bonchev–Trinajstić information content (AvgIpc) is 3.43. The highest BCUT2D eigenvalue weighted by molar-refractivity contribution is 7.99. The van der Waals surface area contributed by atoms with E-state index in [9.17, 15) is 9.59 Å². The van der Waals surface area contributed by atoms with Crippen molar-refractivity contribution in [2.45, 2.75) is 37.9 Å². The summed E-state index contributed by atoms with van der Waals surface area (Å²) in [5.41, 5.74) is 4.19. The highest BCUT2D eigenvalue weighted by atomic mass is 32.2. The summed E-state index contributed by atoms with van der Waals surface area (Å²) < 4.78 is 2.10. The number of benzene rings is 3. The van der Waals surface area contributed by atoms with Crippen molar-refractivity contribution in [3.05, 3.63) is 102 Å². The molecule has 1 aliphatic heterocycles. The van der Waals surface area contributed by atoms with Crippen LogP contribution in [0, 0.1) is 6.92 Å². The quantitative estimate of drug-likeness (QED) is 0.144. The number of thioether (sulfide) groups is 1. The molecular formula is C33H35N5O2S. The zero-order valence-electron chi connectivity index (χ0n) is 23.5. The molecule has 0 radical (unpaired) electrons. The van der Waals surface area contributed by atoms with E-state index < -0.39 is 0 Å². The molecule has 3 aromatic carbocycles. The summed E-state index contributed by atoms with van der Waals surface area (Å²) >= 11 is 1.62. The molecule has 1 aliphatic rings. The van der Waals surface area contributed by atoms with E-state index >= 15 is 0 Å². The Balaban J connectivity index is 1.15. The molecule has 2 heterocycles. The Morgan fingerprint density at radius 2 is 1.71 bits per heavy atom. The van der Waals surface area contributed by atoms with E-state index in [1.807, 2.05) is 89.5 Å². The second kappa shape index (κ2) is 13.5. The Labute approximate surface area is 245 Å². The molecule has 1 saturated heterocycles. The molecule has 0 N–H and O–H groups in total. The number of carbonyl (C=O) groups is 2. The van der Waals surface area contributed by atoms with Crippen molar-refractivity contribution in [3.63, 3.8) is 0 Å². The standard InChI is InChI=1S/C33H35N5O2S/c1-25-11-9-16-29(23-25)38-32(28-14-7-4-8-15-28)34-35-33(38)41-22-10-17-30(39)36-20-21-37(26(2)24-36)31(40)19-18-27-12-5-3-6-13-27/h3-9,11-16,18-19,23,26H,10,17,20-22,24H2,1-2H3/b19-18+. The van der Waals surface area contributed by atoms with Crippen molar-refractivity contribution in [3.8, 4) is 17.1 Å². The molecule has 8 heteroatoms. The first-order valence-corrected chi connectivity index (χ1v) is 15.0. The summed E-state index contributed by atoms with van der Waals surface area (Å²) in [6.45, 7) is 5.74. The fourth-order valence-electron chi connectivity index (χ4n) is 5.02. The average molecular weight is 566 g/mol. The molecule has 5 rings (SSSR count). The number of piperazine rings is 1. The zero-order chi connectivity index (χ0) is 28.6. The molecular weight excluding hydrogens is 530 g/mol. The van der Waals surface area contributed by atoms with Crippen LogP contribution in [-0.4, -0.2) is 67.8 Å². The van der Waals surface area contributed by atoms with Gasteiger partial charge in [-0.1, -0.05) is 84.6 Å². The monoisotopic (exact) mass is 565 g/mol. The SMILES string of the molecule is Cc1cccc(-n2c(SCCCC(=O)N3CCN(C(=O)/C=C/c4ccccc4)C(C)C3)nnc2-c2ccccc2)c1. The molecule has 0 bridgehead atoms. The van der Waals surface area contributed by atoms with E-state index in [-0.39, 0.29) is 17.9 Å². The molecule has 0 saturated carbocycles. The van der Waals surface area contributed by atoms with Gasteiger partial charge in [-0.3, -0.25) is 14.2 Å². The van der Waals surface area contributed by atoms with Gasteiger partial charge in [-0.25, -0.2) is 0 Å². The van der Waals surface area contributed by atoms with E-state index in [1.165, 1.54) is 5.56 Å². The fraction of sp³-hybridized carbons (Fsp3) is 0.273. The first-order valence-electron chi connectivity index (χ1n) is 14.0. The van der Waals surface area contributed by atoms with Crippen molar-refractivity contribution in [1.82, 2.24) is 24.6 Å². The van der Waals surface area contributed by atoms with Crippen LogP contribution < -0.4 is 0 Å². The molecule has 0 spiro atoms. The van der Waals surface area contributed by atoms with Crippen LogP contribution in [0.2, 0.25) is 0 Å². The Morgan fingerprint density at radius 1 is 0.951 bits per heavy atom. The Hall–Kier alpha value is -4.17. The van der Waals surface area contributed by atoms with Gasteiger partial charge in [0.15, 0.2) is 11.0 Å². The van der Waals surface area contributed by atoms with Gasteiger partial charge < -0.3 is 9.80 Å². The molecule has 4 aromatic rings. The summed E-state index contributed by atoms with van der Waals surface area (Å²) in [7, 11) is 0. The van der Waals surface area contributed by atoms with Crippen molar-refractivity contribution in [2.24, 2.45) is 0 Å². The van der Waals surface area contributed by atoms with E-state index in [0.29, 0.717) is 26.1 Å². The molecule has 1 aromatic heterocycles. The number of aromatic nitrogens is 3. The topological polar surface area (TPSA) is 71.3 Å². The highest BCUT2D eigenvalue weighted by Gasteiger charge is 2.28. The van der Waals surface area contributed by atoms with Crippen LogP contribution in [0.4, 0.5) is 0 Å². The number of aryl methyl sites for hydroxylation is 1. The normalized spacial score (nSPS) is 15.4. The van der Waals surface area contributed by atoms with Crippen molar-refractivity contribution in [2.75, 3.05) is 25.4 Å². The lowest BCUT2D eigenvalue weighted by molar-refractivity contribution is -0.139. The van der Waals surface area contributed by atoms with Crippen LogP contribution in [0.1, 0.15) is 30.9 Å². The maximum Gasteiger partial charge on any atom is 0.246 e. The van der Waals surface area contributed by atoms with Crippen LogP contribution in [0.5, 0.6) is 0 Å². The van der Waals surface area contributed by atoms with E-state index in [2.05, 4.69) is 39.9 Å². The third kappa shape index (κ3) is 7.13. The third-order valence-electron chi connectivity index (χ3n) is 7.17. The number of hydrogen-bond acceptors (Lipinski definition) is 5. The van der Waals surface area contributed by atoms with Crippen molar-refractivity contribution >= 4 is 29.7 Å². The van der Waals surface area contributed by atoms with Gasteiger partial charge in [-0.15, -0.1) is 10.2 Å². The number of carbonyl (C=O) groups excluding carboxylic acids is 2. The second-order valence-electron chi connectivity index (χ2n) is 10.3. The minimum Gasteiger partial charge on any atom is -0.339 e. The fourth-order valence-corrected chi connectivity index (χ4v) is 5.91. The van der Waals surface area contributed by atoms with Crippen LogP contribution in [0.15, 0.2) is 96.2 Å². The van der Waals surface area contributed by atoms with Gasteiger partial charge in [0.1, 0.15) is 0 Å². The maximum atomic E-state index is 13.0. The van der Waals surface area contributed by atoms with Crippen LogP contribution >= 0.6 is 11.8 Å².